The van der Waals surface area contributed by atoms with Gasteiger partial charge in [-0.1, -0.05) is 17.4 Å². The number of rotatable bonds is 9. The number of nitrogens with zero attached hydrogens (tertiary/aromatic N) is 6. The summed E-state index contributed by atoms with van der Waals surface area (Å²) >= 11 is 7.19. The zero-order valence-corrected chi connectivity index (χ0v) is 23.9. The van der Waals surface area contributed by atoms with E-state index < -0.39 is 51.7 Å². The normalized spacial score (nSPS) is 20.7. The number of oxime groups is 1. The zero-order chi connectivity index (χ0) is 30.4. The maximum atomic E-state index is 13.6. The van der Waals surface area contributed by atoms with Crippen LogP contribution >= 0.6 is 35.3 Å². The number of aliphatic carboxylic acids is 2. The smallest absolute Gasteiger partial charge is 0.353 e. The van der Waals surface area contributed by atoms with Crippen LogP contribution in [0.2, 0.25) is 0 Å². The van der Waals surface area contributed by atoms with E-state index in [1.807, 2.05) is 0 Å². The monoisotopic (exact) mass is 622 g/mol. The number of anilines is 2. The predicted molar refractivity (Wildman–Crippen MR) is 149 cm³/mol. The van der Waals surface area contributed by atoms with Gasteiger partial charge in [-0.15, -0.1) is 23.1 Å². The first-order valence-corrected chi connectivity index (χ1v) is 13.7. The molecule has 0 saturated carbocycles. The van der Waals surface area contributed by atoms with Crippen LogP contribution in [-0.4, -0.2) is 91.7 Å². The average Bonchev–Trinajstić information content (AvgIpc) is 3.33. The largest absolute Gasteiger partial charge is 0.478 e. The number of thioether (sulfide) groups is 1. The fraction of sp³-hybridized carbons (Fsp3) is 0.333. The number of β-lactam (4-membered cyclic amide) rings is 1. The highest BCUT2D eigenvalue weighted by Crippen LogP contribution is 2.47. The number of nitrogen functional groups attached to an aromatic ring is 2. The maximum absolute atomic E-state index is 13.6. The lowest BCUT2D eigenvalue weighted by Gasteiger charge is -2.55. The van der Waals surface area contributed by atoms with E-state index in [0.717, 1.165) is 33.4 Å². The number of amides is 2. The van der Waals surface area contributed by atoms with E-state index in [4.69, 9.17) is 33.9 Å². The Morgan fingerprint density at radius 3 is 2.56 bits per heavy atom. The Labute approximate surface area is 243 Å². The molecule has 1 saturated heterocycles. The van der Waals surface area contributed by atoms with Crippen molar-refractivity contribution in [2.45, 2.75) is 30.4 Å². The van der Waals surface area contributed by atoms with Crippen LogP contribution in [0.5, 0.6) is 0 Å². The highest BCUT2D eigenvalue weighted by atomic mass is 32.2. The molecule has 20 heteroatoms. The Balaban J connectivity index is 1.73. The second-order valence-corrected chi connectivity index (χ2v) is 11.3. The molecular formula is C21H22N10O7S3. The number of carboxylic acid groups (broad SMARTS) is 2. The number of hydrogen-bond acceptors (Lipinski definition) is 15. The molecule has 0 aliphatic carbocycles. The molecule has 2 atom stereocenters. The summed E-state index contributed by atoms with van der Waals surface area (Å²) in [6, 6.07) is 0. The molecule has 4 heterocycles. The molecule has 8 N–H and O–H groups in total. The van der Waals surface area contributed by atoms with Crippen LogP contribution in [0.25, 0.3) is 5.57 Å². The van der Waals surface area contributed by atoms with E-state index in [1.54, 1.807) is 0 Å². The topological polar surface area (TPSA) is 265 Å². The zero-order valence-electron chi connectivity index (χ0n) is 21.4. The first-order valence-electron chi connectivity index (χ1n) is 11.3. The van der Waals surface area contributed by atoms with Crippen LogP contribution < -0.4 is 22.4 Å². The predicted octanol–water partition coefficient (Wildman–Crippen LogP) is -1.23. The molecule has 17 nitrogen and oxygen atoms in total. The number of carboxylic acids is 2. The van der Waals surface area contributed by atoms with E-state index in [2.05, 4.69) is 25.4 Å². The first-order chi connectivity index (χ1) is 19.1. The van der Waals surface area contributed by atoms with Crippen molar-refractivity contribution in [1.29, 1.82) is 5.41 Å². The molecule has 216 valence electrons. The fourth-order valence-electron chi connectivity index (χ4n) is 3.81. The summed E-state index contributed by atoms with van der Waals surface area (Å²) in [5.74, 6) is -4.95. The highest BCUT2D eigenvalue weighted by molar-refractivity contribution is 8.00. The second-order valence-electron chi connectivity index (χ2n) is 9.12. The number of fused-ring (bicyclic) bond motifs is 1. The lowest BCUT2D eigenvalue weighted by molar-refractivity contribution is -0.161. The fourth-order valence-corrected chi connectivity index (χ4v) is 6.17. The molecule has 2 aromatic heterocycles. The second kappa shape index (κ2) is 10.5. The summed E-state index contributed by atoms with van der Waals surface area (Å²) in [7, 11) is 1.44. The van der Waals surface area contributed by atoms with Gasteiger partial charge in [-0.3, -0.25) is 24.5 Å². The van der Waals surface area contributed by atoms with Crippen molar-refractivity contribution < 1.29 is 34.2 Å². The Kier molecular flexibility index (Phi) is 7.58. The molecule has 2 aliphatic rings. The number of carbonyl (C=O) groups excluding carboxylic acids is 2. The van der Waals surface area contributed by atoms with Crippen molar-refractivity contribution in [2.24, 2.45) is 12.2 Å². The van der Waals surface area contributed by atoms with Gasteiger partial charge in [0, 0.05) is 29.1 Å². The molecule has 1 unspecified atom stereocenters. The van der Waals surface area contributed by atoms with Crippen LogP contribution in [-0.2, 0) is 31.1 Å². The summed E-state index contributed by atoms with van der Waals surface area (Å²) in [5, 5.41) is 35.1. The average molecular weight is 623 g/mol. The molecule has 0 aromatic carbocycles. The quantitative estimate of drug-likeness (QED) is 0.0827. The highest BCUT2D eigenvalue weighted by Gasteiger charge is 2.65. The molecule has 0 spiro atoms. The third kappa shape index (κ3) is 5.00. The minimum Gasteiger partial charge on any atom is -0.478 e. The van der Waals surface area contributed by atoms with Gasteiger partial charge in [0.1, 0.15) is 22.6 Å². The molecule has 2 aromatic rings. The van der Waals surface area contributed by atoms with E-state index in [9.17, 15) is 29.4 Å². The van der Waals surface area contributed by atoms with Crippen LogP contribution in [0, 0.1) is 5.41 Å². The van der Waals surface area contributed by atoms with Crippen molar-refractivity contribution in [3.63, 3.8) is 0 Å². The maximum Gasteiger partial charge on any atom is 0.353 e. The van der Waals surface area contributed by atoms with Crippen molar-refractivity contribution in [1.82, 2.24) is 29.7 Å². The Bertz CT molecular complexity index is 1630. The minimum atomic E-state index is -1.86. The summed E-state index contributed by atoms with van der Waals surface area (Å²) in [4.78, 5) is 68.8. The van der Waals surface area contributed by atoms with Gasteiger partial charge in [0.05, 0.1) is 0 Å². The Morgan fingerprint density at radius 2 is 2.00 bits per heavy atom. The summed E-state index contributed by atoms with van der Waals surface area (Å²) in [6.45, 7) is 2.42. The van der Waals surface area contributed by atoms with Gasteiger partial charge in [0.2, 0.25) is 17.2 Å². The molecule has 2 aliphatic heterocycles. The van der Waals surface area contributed by atoms with Crippen LogP contribution in [0.15, 0.2) is 16.2 Å². The van der Waals surface area contributed by atoms with E-state index in [1.165, 1.54) is 30.8 Å². The van der Waals surface area contributed by atoms with Gasteiger partial charge >= 0.3 is 11.9 Å². The summed E-state index contributed by atoms with van der Waals surface area (Å²) in [6.07, 6.45) is 0. The van der Waals surface area contributed by atoms with Crippen LogP contribution in [0.3, 0.4) is 0 Å². The molecule has 4 rings (SSSR count). The Morgan fingerprint density at radius 1 is 1.32 bits per heavy atom. The molecule has 0 bridgehead atoms. The van der Waals surface area contributed by atoms with E-state index >= 15 is 0 Å². The third-order valence-electron chi connectivity index (χ3n) is 6.02. The molecular weight excluding hydrogens is 600 g/mol. The lowest BCUT2D eigenvalue weighted by Crippen LogP contribution is -2.80. The van der Waals surface area contributed by atoms with Gasteiger partial charge in [0.25, 0.3) is 11.8 Å². The van der Waals surface area contributed by atoms with E-state index in [-0.39, 0.29) is 39.5 Å². The number of thiocarbonyl (C=S) groups is 1. The van der Waals surface area contributed by atoms with Gasteiger partial charge in [-0.25, -0.2) is 14.6 Å². The van der Waals surface area contributed by atoms with Crippen molar-refractivity contribution in [3.8, 4) is 0 Å². The molecule has 2 amide bonds. The first kappa shape index (κ1) is 29.6. The number of aromatic nitrogens is 4. The van der Waals surface area contributed by atoms with Crippen molar-refractivity contribution >= 4 is 86.8 Å². The number of thiazole rings is 1. The lowest BCUT2D eigenvalue weighted by atomic mass is 9.87. The van der Waals surface area contributed by atoms with Gasteiger partial charge < -0.3 is 31.8 Å². The van der Waals surface area contributed by atoms with Crippen LogP contribution in [0.4, 0.5) is 11.1 Å². The summed E-state index contributed by atoms with van der Waals surface area (Å²) < 4.78 is 1.22. The minimum absolute atomic E-state index is 0.0138. The van der Waals surface area contributed by atoms with E-state index in [0.29, 0.717) is 0 Å². The number of nitrogens with one attached hydrogen (secondary N) is 2. The van der Waals surface area contributed by atoms with Crippen molar-refractivity contribution in [2.75, 3.05) is 17.2 Å². The van der Waals surface area contributed by atoms with Gasteiger partial charge in [-0.05, 0) is 13.8 Å². The Hall–Kier alpha value is -4.43. The molecule has 0 radical (unpaired) electrons. The SMILES string of the molecule is Cn1c(C2=C(C(=O)O)N3C(=O)C(C=S)(NC(=O)/C(=N\OC(C)(C)C(=O)O)c4csc(N)n4)[C@@H]3SC2)nc(N)nc1=N. The third-order valence-corrected chi connectivity index (χ3v) is 8.42. The molecule has 1 fully saturated rings. The van der Waals surface area contributed by atoms with Crippen LogP contribution in [0.1, 0.15) is 25.4 Å². The number of nitrogens with two attached hydrogens (primary N) is 2. The number of hydrogen-bond donors (Lipinski definition) is 6. The standard InChI is InChI=1S/C21H22N10O7S3/c1-20(2,16(36)37)38-29-9(8-5-41-19(24)25-8)12(32)28-21(6-39)14(35)31-10(13(33)34)7(4-40-15(21)31)11-26-17(22)27-18(23)30(11)3/h5-6,15H,4H2,1-3H3,(H2,24,25)(H,28,32)(H,33,34)(H,36,37)(H3,22,23,27)/b29-9-/t15-,21?/m0/s1. The summed E-state index contributed by atoms with van der Waals surface area (Å²) in [5.41, 5.74) is 6.53. The molecule has 41 heavy (non-hydrogen) atoms. The number of carbonyl (C=O) groups is 4. The van der Waals surface area contributed by atoms with Crippen molar-refractivity contribution in [3.05, 3.63) is 28.2 Å². The van der Waals surface area contributed by atoms with Gasteiger partial charge in [0.15, 0.2) is 16.4 Å². The van der Waals surface area contributed by atoms with Gasteiger partial charge in [-0.2, -0.15) is 9.97 Å².